The fraction of sp³-hybridized carbons (Fsp3) is 0.929. The van der Waals surface area contributed by atoms with Crippen LogP contribution in [-0.4, -0.2) is 150 Å². The highest BCUT2D eigenvalue weighted by molar-refractivity contribution is 5.79. The Morgan fingerprint density at radius 1 is 0.719 bits per heavy atom. The first-order valence-electron chi connectivity index (χ1n) is 21.1. The summed E-state index contributed by atoms with van der Waals surface area (Å²) in [4.78, 5) is 14.6. The van der Waals surface area contributed by atoms with Crippen molar-refractivity contribution in [3.8, 4) is 0 Å². The molecule has 15 heteroatoms. The van der Waals surface area contributed by atoms with Crippen LogP contribution >= 0.6 is 0 Å². The molecule has 10 N–H and O–H groups in total. The molecule has 2 heterocycles. The van der Waals surface area contributed by atoms with Gasteiger partial charge in [-0.3, -0.25) is 4.79 Å². The van der Waals surface area contributed by atoms with Gasteiger partial charge in [-0.25, -0.2) is 0 Å². The van der Waals surface area contributed by atoms with Crippen LogP contribution in [0.1, 0.15) is 99.3 Å². The normalized spacial score (nSPS) is 54.7. The SMILES string of the molecule is CC1(C)CCC2(C(=O)OC3OC(CO)C(O)C(O)C3O)CCC3(C)C(=CCC4C5(C)CC(O)C(OC6OC(CO)C(O)C(O)C6O)C(C)(CO)C5CCC43C)C2C1. The Morgan fingerprint density at radius 2 is 1.30 bits per heavy atom. The molecule has 0 spiro atoms. The summed E-state index contributed by atoms with van der Waals surface area (Å²) in [6, 6.07) is 0. The number of allylic oxidation sites excluding steroid dienone is 2. The number of esters is 1. The quantitative estimate of drug-likeness (QED) is 0.0940. The van der Waals surface area contributed by atoms with Gasteiger partial charge in [-0.2, -0.15) is 0 Å². The van der Waals surface area contributed by atoms with Crippen molar-refractivity contribution in [2.24, 2.45) is 50.2 Å². The van der Waals surface area contributed by atoms with Gasteiger partial charge in [-0.05, 0) is 97.2 Å². The average molecular weight is 813 g/mol. The Balaban J connectivity index is 1.19. The van der Waals surface area contributed by atoms with E-state index in [1.165, 1.54) is 5.57 Å². The molecule has 0 aromatic rings. The molecule has 2 saturated heterocycles. The second-order valence-electron chi connectivity index (χ2n) is 20.7. The summed E-state index contributed by atoms with van der Waals surface area (Å²) >= 11 is 0. The van der Waals surface area contributed by atoms with Gasteiger partial charge in [-0.15, -0.1) is 0 Å². The molecule has 7 aliphatic rings. The predicted molar refractivity (Wildman–Crippen MR) is 200 cm³/mol. The highest BCUT2D eigenvalue weighted by Gasteiger charge is 2.71. The molecule has 0 radical (unpaired) electrons. The molecule has 20 unspecified atom stereocenters. The number of hydrogen-bond acceptors (Lipinski definition) is 15. The van der Waals surface area contributed by atoms with E-state index in [1.807, 2.05) is 6.92 Å². The lowest BCUT2D eigenvalue weighted by atomic mass is 9.33. The Morgan fingerprint density at radius 3 is 1.89 bits per heavy atom. The second-order valence-corrected chi connectivity index (χ2v) is 20.7. The minimum Gasteiger partial charge on any atom is -0.432 e. The van der Waals surface area contributed by atoms with Crippen molar-refractivity contribution in [3.63, 3.8) is 0 Å². The lowest BCUT2D eigenvalue weighted by molar-refractivity contribution is -0.345. The predicted octanol–water partition coefficient (Wildman–Crippen LogP) is 0.260. The molecular weight excluding hydrogens is 744 g/mol. The minimum absolute atomic E-state index is 0.0661. The van der Waals surface area contributed by atoms with Crippen LogP contribution in [-0.2, 0) is 23.7 Å². The van der Waals surface area contributed by atoms with Crippen LogP contribution in [0.15, 0.2) is 11.6 Å². The molecule has 0 aromatic carbocycles. The van der Waals surface area contributed by atoms with Crippen LogP contribution in [0.3, 0.4) is 0 Å². The van der Waals surface area contributed by atoms with Crippen molar-refractivity contribution in [2.75, 3.05) is 19.8 Å². The third-order valence-electron chi connectivity index (χ3n) is 17.3. The molecule has 0 aromatic heterocycles. The third-order valence-corrected chi connectivity index (χ3v) is 17.3. The van der Waals surface area contributed by atoms with Crippen molar-refractivity contribution in [1.82, 2.24) is 0 Å². The molecule has 0 amide bonds. The lowest BCUT2D eigenvalue weighted by Gasteiger charge is -2.72. The molecule has 15 nitrogen and oxygen atoms in total. The number of ether oxygens (including phenoxy) is 4. The van der Waals surface area contributed by atoms with E-state index in [2.05, 4.69) is 40.7 Å². The van der Waals surface area contributed by atoms with Crippen molar-refractivity contribution in [3.05, 3.63) is 11.6 Å². The van der Waals surface area contributed by atoms with Gasteiger partial charge in [0.2, 0.25) is 6.29 Å². The van der Waals surface area contributed by atoms with E-state index in [9.17, 15) is 55.9 Å². The van der Waals surface area contributed by atoms with Gasteiger partial charge < -0.3 is 70.0 Å². The maximum atomic E-state index is 14.6. The number of carbonyl (C=O) groups excluding carboxylic acids is 1. The van der Waals surface area contributed by atoms with E-state index in [0.717, 1.165) is 19.3 Å². The summed E-state index contributed by atoms with van der Waals surface area (Å²) in [6.07, 6.45) is -9.20. The number of carbonyl (C=O) groups is 1. The molecule has 20 atom stereocenters. The summed E-state index contributed by atoms with van der Waals surface area (Å²) < 4.78 is 23.6. The maximum Gasteiger partial charge on any atom is 0.315 e. The Labute approximate surface area is 335 Å². The van der Waals surface area contributed by atoms with Crippen LogP contribution in [0.5, 0.6) is 0 Å². The van der Waals surface area contributed by atoms with E-state index in [4.69, 9.17) is 18.9 Å². The Hall–Kier alpha value is -1.31. The molecule has 7 rings (SSSR count). The molecule has 326 valence electrons. The van der Waals surface area contributed by atoms with E-state index in [-0.39, 0.29) is 40.6 Å². The first kappa shape index (κ1) is 43.8. The zero-order chi connectivity index (χ0) is 41.8. The standard InChI is InChI=1S/C42H68O15/c1-37(2)11-13-42(36(53)57-35-32(52)30(50)28(48)24(18-44)55-35)14-12-40(5)20(21(42)15-37)7-8-26-38(3)16-22(46)33(39(4,19-45)25(38)9-10-41(26,40)6)56-34-31(51)29(49)27(47)23(17-43)54-34/h7,21-35,43-52H,8-19H2,1-6H3. The Bertz CT molecular complexity index is 1540. The highest BCUT2D eigenvalue weighted by Crippen LogP contribution is 2.76. The maximum absolute atomic E-state index is 14.6. The van der Waals surface area contributed by atoms with Crippen molar-refractivity contribution < 1.29 is 74.8 Å². The first-order chi connectivity index (χ1) is 26.6. The first-order valence-corrected chi connectivity index (χ1v) is 21.1. The largest absolute Gasteiger partial charge is 0.432 e. The van der Waals surface area contributed by atoms with Gasteiger partial charge in [0.05, 0.1) is 37.4 Å². The minimum atomic E-state index is -1.70. The Kier molecular flexibility index (Phi) is 11.5. The third kappa shape index (κ3) is 6.43. The van der Waals surface area contributed by atoms with Gasteiger partial charge in [0.1, 0.15) is 48.8 Å². The van der Waals surface area contributed by atoms with Gasteiger partial charge in [-0.1, -0.05) is 53.2 Å². The smallest absolute Gasteiger partial charge is 0.315 e. The zero-order valence-corrected chi connectivity index (χ0v) is 34.2. The summed E-state index contributed by atoms with van der Waals surface area (Å²) in [6.45, 7) is 11.6. The van der Waals surface area contributed by atoms with Gasteiger partial charge >= 0.3 is 5.97 Å². The molecule has 2 aliphatic heterocycles. The molecule has 6 fully saturated rings. The summed E-state index contributed by atoms with van der Waals surface area (Å²) in [5.74, 6) is -0.763. The van der Waals surface area contributed by atoms with Crippen LogP contribution < -0.4 is 0 Å². The van der Waals surface area contributed by atoms with Crippen molar-refractivity contribution >= 4 is 5.97 Å². The van der Waals surface area contributed by atoms with E-state index < -0.39 is 109 Å². The van der Waals surface area contributed by atoms with Crippen molar-refractivity contribution in [2.45, 2.75) is 173 Å². The summed E-state index contributed by atoms with van der Waals surface area (Å²) in [5.41, 5.74) is -1.89. The lowest BCUT2D eigenvalue weighted by Crippen LogP contribution is -2.69. The van der Waals surface area contributed by atoms with Crippen molar-refractivity contribution in [1.29, 1.82) is 0 Å². The summed E-state index contributed by atoms with van der Waals surface area (Å²) in [7, 11) is 0. The van der Waals surface area contributed by atoms with Gasteiger partial charge in [0.25, 0.3) is 0 Å². The number of hydrogen-bond donors (Lipinski definition) is 10. The number of aliphatic hydroxyl groups excluding tert-OH is 10. The fourth-order valence-corrected chi connectivity index (χ4v) is 13.7. The fourth-order valence-electron chi connectivity index (χ4n) is 13.7. The van der Waals surface area contributed by atoms with Crippen LogP contribution in [0.2, 0.25) is 0 Å². The average Bonchev–Trinajstić information content (AvgIpc) is 3.16. The summed E-state index contributed by atoms with van der Waals surface area (Å²) in [5, 5.41) is 106. The molecule has 5 aliphatic carbocycles. The number of rotatable bonds is 7. The van der Waals surface area contributed by atoms with Crippen LogP contribution in [0.4, 0.5) is 0 Å². The van der Waals surface area contributed by atoms with Crippen LogP contribution in [0.25, 0.3) is 0 Å². The number of fused-ring (bicyclic) bond motifs is 7. The van der Waals surface area contributed by atoms with Gasteiger partial charge in [0, 0.05) is 5.41 Å². The molecular formula is C42H68O15. The van der Waals surface area contributed by atoms with Crippen LogP contribution in [0, 0.1) is 50.2 Å². The van der Waals surface area contributed by atoms with E-state index in [1.54, 1.807) is 0 Å². The van der Waals surface area contributed by atoms with E-state index in [0.29, 0.717) is 38.5 Å². The zero-order valence-electron chi connectivity index (χ0n) is 34.2. The monoisotopic (exact) mass is 812 g/mol. The molecule has 0 bridgehead atoms. The number of aliphatic hydroxyl groups is 10. The molecule has 4 saturated carbocycles. The molecule has 57 heavy (non-hydrogen) atoms. The topological polar surface area (TPSA) is 256 Å². The second kappa shape index (κ2) is 14.9. The van der Waals surface area contributed by atoms with Gasteiger partial charge in [0.15, 0.2) is 6.29 Å². The highest BCUT2D eigenvalue weighted by atomic mass is 16.7. The van der Waals surface area contributed by atoms with E-state index >= 15 is 0 Å².